The van der Waals surface area contributed by atoms with Gasteiger partial charge in [0.15, 0.2) is 0 Å². The van der Waals surface area contributed by atoms with E-state index in [-0.39, 0.29) is 11.9 Å². The van der Waals surface area contributed by atoms with Gasteiger partial charge in [0.1, 0.15) is 0 Å². The highest BCUT2D eigenvalue weighted by molar-refractivity contribution is 7.89. The molecule has 0 aliphatic carbocycles. The van der Waals surface area contributed by atoms with E-state index in [1.54, 1.807) is 7.11 Å². The number of carbonyl (C=O) groups is 1. The molecule has 27 heavy (non-hydrogen) atoms. The molecular weight excluding hydrogens is 366 g/mol. The second-order valence-corrected chi connectivity index (χ2v) is 9.00. The van der Waals surface area contributed by atoms with Crippen molar-refractivity contribution in [2.24, 2.45) is 0 Å². The normalized spacial score (nSPS) is 17.7. The van der Waals surface area contributed by atoms with E-state index >= 15 is 0 Å². The monoisotopic (exact) mass is 397 g/mol. The third kappa shape index (κ3) is 5.07. The Morgan fingerprint density at radius 2 is 1.70 bits per heavy atom. The zero-order valence-corrected chi connectivity index (χ0v) is 17.7. The minimum Gasteiger partial charge on any atom is -0.383 e. The molecule has 0 saturated carbocycles. The zero-order chi connectivity index (χ0) is 20.2. The molecule has 0 radical (unpaired) electrons. The minimum atomic E-state index is -3.54. The van der Waals surface area contributed by atoms with Crippen LogP contribution >= 0.6 is 0 Å². The quantitative estimate of drug-likeness (QED) is 0.697. The standard InChI is InChI=1S/C19H31N3O4S/c1-14-12-15(2)18(16(3)13-14)27(24,25)22-9-7-21(8-10-22)17(4)19(23)20-6-11-26-5/h12-13,17H,6-11H2,1-5H3,(H,20,23)/t17-/m0/s1. The topological polar surface area (TPSA) is 79.0 Å². The molecule has 1 aromatic carbocycles. The molecule has 1 aliphatic heterocycles. The van der Waals surface area contributed by atoms with Gasteiger partial charge in [0.2, 0.25) is 15.9 Å². The first-order chi connectivity index (χ1) is 12.7. The molecule has 1 atom stereocenters. The Balaban J connectivity index is 2.04. The van der Waals surface area contributed by atoms with Crippen molar-refractivity contribution in [3.05, 3.63) is 28.8 Å². The van der Waals surface area contributed by atoms with Gasteiger partial charge in [-0.1, -0.05) is 17.7 Å². The fourth-order valence-electron chi connectivity index (χ4n) is 3.62. The number of rotatable bonds is 7. The smallest absolute Gasteiger partial charge is 0.243 e. The summed E-state index contributed by atoms with van der Waals surface area (Å²) in [6.45, 7) is 10.3. The van der Waals surface area contributed by atoms with Crippen LogP contribution in [0.5, 0.6) is 0 Å². The highest BCUT2D eigenvalue weighted by Gasteiger charge is 2.33. The maximum absolute atomic E-state index is 13.1. The lowest BCUT2D eigenvalue weighted by molar-refractivity contribution is -0.126. The summed E-state index contributed by atoms with van der Waals surface area (Å²) in [5, 5.41) is 2.83. The maximum atomic E-state index is 13.1. The SMILES string of the molecule is COCCNC(=O)[C@H](C)N1CCN(S(=O)(=O)c2c(C)cc(C)cc2C)CC1. The van der Waals surface area contributed by atoms with Crippen LogP contribution in [-0.4, -0.2) is 76.0 Å². The Morgan fingerprint density at radius 1 is 1.15 bits per heavy atom. The molecule has 1 fully saturated rings. The number of nitrogens with one attached hydrogen (secondary N) is 1. The molecule has 0 bridgehead atoms. The molecular formula is C19H31N3O4S. The Kier molecular flexibility index (Phi) is 7.39. The average Bonchev–Trinajstić information content (AvgIpc) is 2.60. The number of hydrogen-bond donors (Lipinski definition) is 1. The Morgan fingerprint density at radius 3 is 2.22 bits per heavy atom. The van der Waals surface area contributed by atoms with Gasteiger partial charge in [0.25, 0.3) is 0 Å². The number of piperazine rings is 1. The first kappa shape index (κ1) is 21.8. The third-order valence-corrected chi connectivity index (χ3v) is 7.21. The van der Waals surface area contributed by atoms with E-state index in [2.05, 4.69) is 5.32 Å². The second kappa shape index (κ2) is 9.14. The van der Waals surface area contributed by atoms with Crippen molar-refractivity contribution in [1.29, 1.82) is 0 Å². The van der Waals surface area contributed by atoms with Gasteiger partial charge in [-0.2, -0.15) is 4.31 Å². The number of sulfonamides is 1. The van der Waals surface area contributed by atoms with Gasteiger partial charge in [-0.15, -0.1) is 0 Å². The molecule has 0 spiro atoms. The predicted molar refractivity (Wildman–Crippen MR) is 105 cm³/mol. The van der Waals surface area contributed by atoms with Crippen LogP contribution in [0, 0.1) is 20.8 Å². The van der Waals surface area contributed by atoms with Crippen molar-refractivity contribution < 1.29 is 17.9 Å². The predicted octanol–water partition coefficient (Wildman–Crippen LogP) is 1.07. The van der Waals surface area contributed by atoms with E-state index in [9.17, 15) is 13.2 Å². The molecule has 0 aromatic heterocycles. The van der Waals surface area contributed by atoms with Crippen LogP contribution in [0.25, 0.3) is 0 Å². The molecule has 8 heteroatoms. The van der Waals surface area contributed by atoms with E-state index in [0.29, 0.717) is 44.2 Å². The summed E-state index contributed by atoms with van der Waals surface area (Å²) >= 11 is 0. The maximum Gasteiger partial charge on any atom is 0.243 e. The molecule has 152 valence electrons. The van der Waals surface area contributed by atoms with Crippen molar-refractivity contribution in [2.45, 2.75) is 38.6 Å². The molecule has 1 aliphatic rings. The van der Waals surface area contributed by atoms with Crippen molar-refractivity contribution >= 4 is 15.9 Å². The van der Waals surface area contributed by atoms with E-state index in [1.807, 2.05) is 44.7 Å². The van der Waals surface area contributed by atoms with Gasteiger partial charge < -0.3 is 10.1 Å². The number of nitrogens with zero attached hydrogens (tertiary/aromatic N) is 2. The Hall–Kier alpha value is -1.48. The van der Waals surface area contributed by atoms with Gasteiger partial charge in [0, 0.05) is 39.8 Å². The lowest BCUT2D eigenvalue weighted by atomic mass is 10.1. The minimum absolute atomic E-state index is 0.0615. The Bertz CT molecular complexity index is 748. The number of ether oxygens (including phenoxy) is 1. The molecule has 1 heterocycles. The molecule has 1 saturated heterocycles. The fourth-order valence-corrected chi connectivity index (χ4v) is 5.46. The number of amides is 1. The van der Waals surface area contributed by atoms with Gasteiger partial charge in [-0.25, -0.2) is 8.42 Å². The Labute approximate surface area is 162 Å². The van der Waals surface area contributed by atoms with Crippen LogP contribution in [0.2, 0.25) is 0 Å². The molecule has 1 N–H and O–H groups in total. The van der Waals surface area contributed by atoms with E-state index in [0.717, 1.165) is 16.7 Å². The van der Waals surface area contributed by atoms with Crippen molar-refractivity contribution in [3.8, 4) is 0 Å². The van der Waals surface area contributed by atoms with Gasteiger partial charge in [-0.3, -0.25) is 9.69 Å². The van der Waals surface area contributed by atoms with E-state index in [1.165, 1.54) is 4.31 Å². The number of aryl methyl sites for hydroxylation is 3. The number of carbonyl (C=O) groups excluding carboxylic acids is 1. The van der Waals surface area contributed by atoms with E-state index in [4.69, 9.17) is 4.74 Å². The second-order valence-electron chi connectivity index (χ2n) is 7.13. The highest BCUT2D eigenvalue weighted by Crippen LogP contribution is 2.26. The van der Waals surface area contributed by atoms with Crippen molar-refractivity contribution in [2.75, 3.05) is 46.4 Å². The van der Waals surface area contributed by atoms with Crippen LogP contribution in [-0.2, 0) is 19.6 Å². The first-order valence-corrected chi connectivity index (χ1v) is 10.7. The summed E-state index contributed by atoms with van der Waals surface area (Å²) in [6, 6.07) is 3.51. The molecule has 7 nitrogen and oxygen atoms in total. The summed E-state index contributed by atoms with van der Waals surface area (Å²) in [4.78, 5) is 14.6. The summed E-state index contributed by atoms with van der Waals surface area (Å²) in [6.07, 6.45) is 0. The first-order valence-electron chi connectivity index (χ1n) is 9.27. The average molecular weight is 398 g/mol. The number of benzene rings is 1. The lowest BCUT2D eigenvalue weighted by Crippen LogP contribution is -2.55. The van der Waals surface area contributed by atoms with Crippen molar-refractivity contribution in [3.63, 3.8) is 0 Å². The largest absolute Gasteiger partial charge is 0.383 e. The zero-order valence-electron chi connectivity index (χ0n) is 16.9. The molecule has 0 unspecified atom stereocenters. The van der Waals surface area contributed by atoms with Gasteiger partial charge in [-0.05, 0) is 38.8 Å². The summed E-state index contributed by atoms with van der Waals surface area (Å²) in [5.74, 6) is -0.0615. The number of hydrogen-bond acceptors (Lipinski definition) is 5. The summed E-state index contributed by atoms with van der Waals surface area (Å²) in [7, 11) is -1.95. The van der Waals surface area contributed by atoms with Crippen LogP contribution in [0.1, 0.15) is 23.6 Å². The molecule has 1 aromatic rings. The van der Waals surface area contributed by atoms with Crippen LogP contribution in [0.3, 0.4) is 0 Å². The summed E-state index contributed by atoms with van der Waals surface area (Å²) in [5.41, 5.74) is 2.61. The highest BCUT2D eigenvalue weighted by atomic mass is 32.2. The van der Waals surface area contributed by atoms with Crippen LogP contribution in [0.15, 0.2) is 17.0 Å². The van der Waals surface area contributed by atoms with E-state index < -0.39 is 10.0 Å². The van der Waals surface area contributed by atoms with Gasteiger partial charge >= 0.3 is 0 Å². The van der Waals surface area contributed by atoms with Gasteiger partial charge in [0.05, 0.1) is 17.5 Å². The molecule has 1 amide bonds. The third-order valence-electron chi connectivity index (χ3n) is 5.01. The number of methoxy groups -OCH3 is 1. The van der Waals surface area contributed by atoms with Crippen LogP contribution in [0.4, 0.5) is 0 Å². The lowest BCUT2D eigenvalue weighted by Gasteiger charge is -2.37. The van der Waals surface area contributed by atoms with Crippen molar-refractivity contribution in [1.82, 2.24) is 14.5 Å². The van der Waals surface area contributed by atoms with Crippen LogP contribution < -0.4 is 5.32 Å². The fraction of sp³-hybridized carbons (Fsp3) is 0.632. The summed E-state index contributed by atoms with van der Waals surface area (Å²) < 4.78 is 32.7. The molecule has 2 rings (SSSR count).